The molecule has 43 heavy (non-hydrogen) atoms. The highest BCUT2D eigenvalue weighted by Gasteiger charge is 2.20. The lowest BCUT2D eigenvalue weighted by atomic mass is 10.1. The molecule has 0 unspecified atom stereocenters. The average molecular weight is 619 g/mol. The number of hydrogen-bond donors (Lipinski definition) is 0. The summed E-state index contributed by atoms with van der Waals surface area (Å²) in [6.07, 6.45) is 0. The molecule has 2 aromatic heterocycles. The molecular weight excluding hydrogens is 596 g/mol. The standard InChI is InChI=1S/C27H22N8O6S2/c1-32-24(16-3-7-20(8-4-16)34(36)37)28-30-26(32)42-13-18-11-22-23(41-15-40-22)12-19(18)14-43-27-31-29-25(33(27)2)17-5-9-21(10-6-17)35(38)39/h3-12H,13-15H2,1-2H3. The fourth-order valence-corrected chi connectivity index (χ4v) is 6.29. The number of ether oxygens (including phenoxy) is 2. The lowest BCUT2D eigenvalue weighted by Crippen LogP contribution is -1.98. The van der Waals surface area contributed by atoms with Crippen LogP contribution in [0.3, 0.4) is 0 Å². The van der Waals surface area contributed by atoms with Gasteiger partial charge in [-0.3, -0.25) is 20.2 Å². The Hall–Kier alpha value is -4.96. The lowest BCUT2D eigenvalue weighted by molar-refractivity contribution is -0.385. The summed E-state index contributed by atoms with van der Waals surface area (Å²) in [6, 6.07) is 16.3. The van der Waals surface area contributed by atoms with Crippen molar-refractivity contribution in [3.63, 3.8) is 0 Å². The second-order valence-corrected chi connectivity index (χ2v) is 11.3. The minimum atomic E-state index is -0.439. The van der Waals surface area contributed by atoms with Crippen molar-refractivity contribution >= 4 is 34.9 Å². The zero-order valence-corrected chi connectivity index (χ0v) is 24.4. The Morgan fingerprint density at radius 3 is 1.47 bits per heavy atom. The normalized spacial score (nSPS) is 12.0. The second kappa shape index (κ2) is 11.7. The third kappa shape index (κ3) is 5.74. The van der Waals surface area contributed by atoms with Gasteiger partial charge in [0.2, 0.25) is 6.79 Å². The molecule has 6 rings (SSSR count). The van der Waals surface area contributed by atoms with Gasteiger partial charge in [-0.15, -0.1) is 20.4 Å². The number of nitro benzene ring substituents is 2. The summed E-state index contributed by atoms with van der Waals surface area (Å²) < 4.78 is 15.0. The van der Waals surface area contributed by atoms with Gasteiger partial charge in [0.05, 0.1) is 9.85 Å². The van der Waals surface area contributed by atoms with Crippen LogP contribution in [0.15, 0.2) is 71.0 Å². The third-order valence-corrected chi connectivity index (χ3v) is 8.89. The van der Waals surface area contributed by atoms with Gasteiger partial charge in [-0.05, 0) is 47.5 Å². The molecule has 218 valence electrons. The molecule has 1 aliphatic heterocycles. The van der Waals surface area contributed by atoms with Crippen LogP contribution < -0.4 is 9.47 Å². The van der Waals surface area contributed by atoms with Gasteiger partial charge < -0.3 is 18.6 Å². The molecule has 0 atom stereocenters. The predicted octanol–water partition coefficient (Wildman–Crippen LogP) is 5.41. The van der Waals surface area contributed by atoms with Gasteiger partial charge in [-0.2, -0.15) is 0 Å². The van der Waals surface area contributed by atoms with E-state index in [-0.39, 0.29) is 18.2 Å². The molecule has 0 saturated carbocycles. The Morgan fingerprint density at radius 1 is 0.698 bits per heavy atom. The first-order valence-electron chi connectivity index (χ1n) is 12.7. The van der Waals surface area contributed by atoms with Gasteiger partial charge in [0, 0.05) is 61.0 Å². The summed E-state index contributed by atoms with van der Waals surface area (Å²) >= 11 is 3.01. The number of thioether (sulfide) groups is 2. The number of non-ortho nitro benzene ring substituents is 2. The van der Waals surface area contributed by atoms with Crippen LogP contribution in [0, 0.1) is 20.2 Å². The maximum atomic E-state index is 11.0. The Morgan fingerprint density at radius 2 is 1.09 bits per heavy atom. The van der Waals surface area contributed by atoms with Gasteiger partial charge in [0.15, 0.2) is 33.5 Å². The molecule has 0 aliphatic carbocycles. The van der Waals surface area contributed by atoms with E-state index in [1.807, 2.05) is 35.4 Å². The van der Waals surface area contributed by atoms with E-state index in [0.717, 1.165) is 22.3 Å². The van der Waals surface area contributed by atoms with Crippen LogP contribution in [0.25, 0.3) is 22.8 Å². The highest BCUT2D eigenvalue weighted by Crippen LogP contribution is 2.39. The SMILES string of the molecule is Cn1c(SCc2cc3c(cc2CSc2nnc(-c4ccc([N+](=O)[O-])cc4)n2C)OCO3)nnc1-c1ccc([N+](=O)[O-])cc1. The van der Waals surface area contributed by atoms with Gasteiger partial charge in [0.25, 0.3) is 11.4 Å². The smallest absolute Gasteiger partial charge is 0.269 e. The van der Waals surface area contributed by atoms with E-state index in [4.69, 9.17) is 9.47 Å². The molecule has 3 aromatic carbocycles. The van der Waals surface area contributed by atoms with Crippen molar-refractivity contribution in [1.29, 1.82) is 0 Å². The Labute approximate surface area is 252 Å². The van der Waals surface area contributed by atoms with Gasteiger partial charge >= 0.3 is 0 Å². The van der Waals surface area contributed by atoms with Crippen LogP contribution in [0.1, 0.15) is 11.1 Å². The largest absolute Gasteiger partial charge is 0.454 e. The molecule has 3 heterocycles. The van der Waals surface area contributed by atoms with E-state index < -0.39 is 9.85 Å². The number of hydrogen-bond acceptors (Lipinski definition) is 12. The van der Waals surface area contributed by atoms with Crippen LogP contribution in [-0.4, -0.2) is 46.2 Å². The van der Waals surface area contributed by atoms with Crippen molar-refractivity contribution < 1.29 is 19.3 Å². The Kier molecular flexibility index (Phi) is 7.69. The molecule has 5 aromatic rings. The van der Waals surface area contributed by atoms with Crippen molar-refractivity contribution in [3.05, 3.63) is 92.0 Å². The summed E-state index contributed by atoms with van der Waals surface area (Å²) in [6.45, 7) is 0.155. The summed E-state index contributed by atoms with van der Waals surface area (Å²) in [5, 5.41) is 40.6. The van der Waals surface area contributed by atoms with E-state index in [2.05, 4.69) is 20.4 Å². The van der Waals surface area contributed by atoms with Crippen molar-refractivity contribution in [2.24, 2.45) is 14.1 Å². The predicted molar refractivity (Wildman–Crippen MR) is 158 cm³/mol. The zero-order chi connectivity index (χ0) is 30.1. The second-order valence-electron chi connectivity index (χ2n) is 9.39. The molecule has 16 heteroatoms. The van der Waals surface area contributed by atoms with Crippen LogP contribution in [-0.2, 0) is 25.6 Å². The van der Waals surface area contributed by atoms with Crippen molar-refractivity contribution in [1.82, 2.24) is 29.5 Å². The van der Waals surface area contributed by atoms with Crippen molar-refractivity contribution in [2.45, 2.75) is 21.8 Å². The molecule has 0 N–H and O–H groups in total. The van der Waals surface area contributed by atoms with E-state index in [1.54, 1.807) is 24.3 Å². The molecule has 0 amide bonds. The number of benzene rings is 3. The van der Waals surface area contributed by atoms with Crippen LogP contribution >= 0.6 is 23.5 Å². The van der Waals surface area contributed by atoms with Crippen LogP contribution in [0.5, 0.6) is 11.5 Å². The molecule has 0 spiro atoms. The molecule has 0 radical (unpaired) electrons. The molecular formula is C27H22N8O6S2. The number of nitro groups is 2. The lowest BCUT2D eigenvalue weighted by Gasteiger charge is -2.11. The first kappa shape index (κ1) is 28.2. The molecule has 0 bridgehead atoms. The van der Waals surface area contributed by atoms with E-state index in [0.29, 0.717) is 45.0 Å². The summed E-state index contributed by atoms with van der Waals surface area (Å²) in [7, 11) is 3.71. The zero-order valence-electron chi connectivity index (χ0n) is 22.7. The number of aromatic nitrogens is 6. The first-order chi connectivity index (χ1) is 20.8. The Balaban J connectivity index is 1.19. The van der Waals surface area contributed by atoms with E-state index in [1.165, 1.54) is 47.8 Å². The molecule has 0 saturated heterocycles. The fraction of sp³-hybridized carbons (Fsp3) is 0.185. The fourth-order valence-electron chi connectivity index (χ4n) is 4.43. The summed E-state index contributed by atoms with van der Waals surface area (Å²) in [5.41, 5.74) is 3.53. The Bertz CT molecular complexity index is 1710. The first-order valence-corrected chi connectivity index (χ1v) is 14.7. The minimum Gasteiger partial charge on any atom is -0.454 e. The summed E-state index contributed by atoms with van der Waals surface area (Å²) in [4.78, 5) is 21.1. The molecule has 14 nitrogen and oxygen atoms in total. The third-order valence-electron chi connectivity index (χ3n) is 6.75. The van der Waals surface area contributed by atoms with E-state index >= 15 is 0 Å². The average Bonchev–Trinajstić information content (AvgIpc) is 3.72. The molecule has 1 aliphatic rings. The minimum absolute atomic E-state index is 0.0117. The number of nitrogens with zero attached hydrogens (tertiary/aromatic N) is 8. The monoisotopic (exact) mass is 618 g/mol. The molecule has 0 fully saturated rings. The van der Waals surface area contributed by atoms with Crippen LogP contribution in [0.4, 0.5) is 11.4 Å². The maximum absolute atomic E-state index is 11.0. The topological polar surface area (TPSA) is 166 Å². The van der Waals surface area contributed by atoms with Crippen LogP contribution in [0.2, 0.25) is 0 Å². The maximum Gasteiger partial charge on any atom is 0.269 e. The van der Waals surface area contributed by atoms with Gasteiger partial charge in [-0.25, -0.2) is 0 Å². The highest BCUT2D eigenvalue weighted by atomic mass is 32.2. The highest BCUT2D eigenvalue weighted by molar-refractivity contribution is 7.98. The number of fused-ring (bicyclic) bond motifs is 1. The van der Waals surface area contributed by atoms with Gasteiger partial charge in [0.1, 0.15) is 0 Å². The van der Waals surface area contributed by atoms with E-state index in [9.17, 15) is 20.2 Å². The number of rotatable bonds is 10. The van der Waals surface area contributed by atoms with Crippen molar-refractivity contribution in [2.75, 3.05) is 6.79 Å². The quantitative estimate of drug-likeness (QED) is 0.111. The van der Waals surface area contributed by atoms with Crippen molar-refractivity contribution in [3.8, 4) is 34.3 Å². The van der Waals surface area contributed by atoms with Gasteiger partial charge in [-0.1, -0.05) is 23.5 Å². The summed E-state index contributed by atoms with van der Waals surface area (Å²) in [5.74, 6) is 3.70.